The normalized spacial score (nSPS) is 22.1. The Morgan fingerprint density at radius 1 is 1.35 bits per heavy atom. The Hall–Kier alpha value is -2.10. The summed E-state index contributed by atoms with van der Waals surface area (Å²) in [7, 11) is 1.31. The quantitative estimate of drug-likeness (QED) is 0.674. The molecule has 4 heteroatoms. The molecule has 0 amide bonds. The minimum atomic E-state index is -0.665. The lowest BCUT2D eigenvalue weighted by Crippen LogP contribution is -2.35. The molecule has 106 valence electrons. The van der Waals surface area contributed by atoms with E-state index in [1.807, 2.05) is 37.3 Å². The minimum absolute atomic E-state index is 0.0433. The first-order valence-electron chi connectivity index (χ1n) is 6.72. The van der Waals surface area contributed by atoms with Gasteiger partial charge in [0.2, 0.25) is 0 Å². The third kappa shape index (κ3) is 3.26. The smallest absolute Gasteiger partial charge is 0.316 e. The van der Waals surface area contributed by atoms with Gasteiger partial charge in [-0.05, 0) is 17.9 Å². The Morgan fingerprint density at radius 2 is 2.05 bits per heavy atom. The first kappa shape index (κ1) is 14.3. The molecule has 0 bridgehead atoms. The number of ether oxygens (including phenoxy) is 1. The zero-order valence-electron chi connectivity index (χ0n) is 11.8. The number of hydrogen-bond acceptors (Lipinski definition) is 4. The van der Waals surface area contributed by atoms with Crippen molar-refractivity contribution in [2.75, 3.05) is 7.11 Å². The molecular weight excluding hydrogens is 254 g/mol. The van der Waals surface area contributed by atoms with Crippen molar-refractivity contribution in [2.45, 2.75) is 19.9 Å². The molecule has 0 fully saturated rings. The second-order valence-corrected chi connectivity index (χ2v) is 5.09. The summed E-state index contributed by atoms with van der Waals surface area (Å²) >= 11 is 0. The van der Waals surface area contributed by atoms with Gasteiger partial charge in [-0.25, -0.2) is 0 Å². The standard InChI is InChI=1S/C16H19NO3/c1-11-8-13(9-14(18)15(11)16(19)20-2)17-10-12-6-4-3-5-7-12/h3-7,9,11,15,17H,8,10H2,1-2H3/t11-,15+/m1/s1. The summed E-state index contributed by atoms with van der Waals surface area (Å²) in [6.45, 7) is 2.58. The topological polar surface area (TPSA) is 55.4 Å². The Balaban J connectivity index is 2.01. The van der Waals surface area contributed by atoms with Crippen molar-refractivity contribution in [1.82, 2.24) is 5.32 Å². The Morgan fingerprint density at radius 3 is 2.65 bits per heavy atom. The summed E-state index contributed by atoms with van der Waals surface area (Å²) in [6.07, 6.45) is 2.21. The van der Waals surface area contributed by atoms with Crippen molar-refractivity contribution in [3.63, 3.8) is 0 Å². The van der Waals surface area contributed by atoms with E-state index in [2.05, 4.69) is 10.1 Å². The number of esters is 1. The molecule has 2 atom stereocenters. The van der Waals surface area contributed by atoms with E-state index in [1.165, 1.54) is 13.2 Å². The number of rotatable bonds is 4. The molecule has 0 heterocycles. The van der Waals surface area contributed by atoms with Gasteiger partial charge in [0, 0.05) is 18.3 Å². The fourth-order valence-corrected chi connectivity index (χ4v) is 2.48. The van der Waals surface area contributed by atoms with Crippen molar-refractivity contribution >= 4 is 11.8 Å². The maximum Gasteiger partial charge on any atom is 0.316 e. The summed E-state index contributed by atoms with van der Waals surface area (Å²) < 4.78 is 4.69. The van der Waals surface area contributed by atoms with Gasteiger partial charge < -0.3 is 10.1 Å². The van der Waals surface area contributed by atoms with Gasteiger partial charge in [0.1, 0.15) is 5.92 Å². The van der Waals surface area contributed by atoms with Crippen LogP contribution in [0.1, 0.15) is 18.9 Å². The van der Waals surface area contributed by atoms with Crippen molar-refractivity contribution in [2.24, 2.45) is 11.8 Å². The van der Waals surface area contributed by atoms with E-state index in [4.69, 9.17) is 0 Å². The van der Waals surface area contributed by atoms with Crippen LogP contribution in [0.4, 0.5) is 0 Å². The molecule has 1 aliphatic rings. The molecule has 2 rings (SSSR count). The van der Waals surface area contributed by atoms with Crippen molar-refractivity contribution in [3.05, 3.63) is 47.7 Å². The number of nitrogens with one attached hydrogen (secondary N) is 1. The van der Waals surface area contributed by atoms with Crippen LogP contribution in [0.15, 0.2) is 42.1 Å². The van der Waals surface area contributed by atoms with E-state index < -0.39 is 11.9 Å². The predicted octanol–water partition coefficient (Wildman–Crippen LogP) is 2.06. The van der Waals surface area contributed by atoms with Gasteiger partial charge in [0.25, 0.3) is 0 Å². The van der Waals surface area contributed by atoms with E-state index in [0.717, 1.165) is 11.3 Å². The van der Waals surface area contributed by atoms with Crippen LogP contribution in [0.5, 0.6) is 0 Å². The van der Waals surface area contributed by atoms with Crippen LogP contribution in [0.2, 0.25) is 0 Å². The average Bonchev–Trinajstić information content (AvgIpc) is 2.45. The van der Waals surface area contributed by atoms with Crippen LogP contribution in [0.3, 0.4) is 0 Å². The third-order valence-corrected chi connectivity index (χ3v) is 3.55. The molecule has 1 N–H and O–H groups in total. The Labute approximate surface area is 118 Å². The van der Waals surface area contributed by atoms with E-state index >= 15 is 0 Å². The minimum Gasteiger partial charge on any atom is -0.468 e. The maximum absolute atomic E-state index is 12.0. The summed E-state index contributed by atoms with van der Waals surface area (Å²) in [5.74, 6) is -1.33. The van der Waals surface area contributed by atoms with Gasteiger partial charge >= 0.3 is 5.97 Å². The lowest BCUT2D eigenvalue weighted by molar-refractivity contribution is -0.150. The number of methoxy groups -OCH3 is 1. The monoisotopic (exact) mass is 273 g/mol. The number of carbonyl (C=O) groups excluding carboxylic acids is 2. The van der Waals surface area contributed by atoms with E-state index in [0.29, 0.717) is 13.0 Å². The van der Waals surface area contributed by atoms with Crippen LogP contribution in [-0.2, 0) is 20.9 Å². The first-order chi connectivity index (χ1) is 9.61. The Bertz CT molecular complexity index is 522. The second kappa shape index (κ2) is 6.37. The van der Waals surface area contributed by atoms with Gasteiger partial charge in [-0.1, -0.05) is 37.3 Å². The summed E-state index contributed by atoms with van der Waals surface area (Å²) in [5, 5.41) is 3.26. The van der Waals surface area contributed by atoms with Crippen LogP contribution >= 0.6 is 0 Å². The van der Waals surface area contributed by atoms with Crippen molar-refractivity contribution in [3.8, 4) is 0 Å². The van der Waals surface area contributed by atoms with Crippen LogP contribution < -0.4 is 5.32 Å². The zero-order chi connectivity index (χ0) is 14.5. The van der Waals surface area contributed by atoms with Crippen molar-refractivity contribution in [1.29, 1.82) is 0 Å². The average molecular weight is 273 g/mol. The highest BCUT2D eigenvalue weighted by Gasteiger charge is 2.35. The van der Waals surface area contributed by atoms with Gasteiger partial charge in [-0.15, -0.1) is 0 Å². The second-order valence-electron chi connectivity index (χ2n) is 5.09. The van der Waals surface area contributed by atoms with Crippen LogP contribution in [0, 0.1) is 11.8 Å². The molecule has 20 heavy (non-hydrogen) atoms. The molecule has 0 unspecified atom stereocenters. The lowest BCUT2D eigenvalue weighted by Gasteiger charge is -2.26. The first-order valence-corrected chi connectivity index (χ1v) is 6.72. The summed E-state index contributed by atoms with van der Waals surface area (Å²) in [5.41, 5.74) is 2.04. The highest BCUT2D eigenvalue weighted by Crippen LogP contribution is 2.27. The lowest BCUT2D eigenvalue weighted by atomic mass is 9.82. The number of ketones is 1. The van der Waals surface area contributed by atoms with Gasteiger partial charge in [-0.3, -0.25) is 9.59 Å². The summed E-state index contributed by atoms with van der Waals surface area (Å²) in [4.78, 5) is 23.6. The predicted molar refractivity (Wildman–Crippen MR) is 75.7 cm³/mol. The van der Waals surface area contributed by atoms with E-state index in [-0.39, 0.29) is 11.7 Å². The largest absolute Gasteiger partial charge is 0.468 e. The molecule has 0 saturated heterocycles. The molecule has 4 nitrogen and oxygen atoms in total. The fourth-order valence-electron chi connectivity index (χ4n) is 2.48. The SMILES string of the molecule is COC(=O)[C@@H]1C(=O)C=C(NCc2ccccc2)C[C@H]1C. The molecule has 0 radical (unpaired) electrons. The molecule has 1 aliphatic carbocycles. The molecule has 1 aromatic carbocycles. The van der Waals surface area contributed by atoms with Gasteiger partial charge in [0.05, 0.1) is 7.11 Å². The maximum atomic E-state index is 12.0. The Kier molecular flexibility index (Phi) is 4.56. The number of carbonyl (C=O) groups is 2. The molecule has 0 spiro atoms. The van der Waals surface area contributed by atoms with E-state index in [9.17, 15) is 9.59 Å². The highest BCUT2D eigenvalue weighted by molar-refractivity contribution is 6.06. The molecular formula is C16H19NO3. The van der Waals surface area contributed by atoms with E-state index in [1.54, 1.807) is 0 Å². The highest BCUT2D eigenvalue weighted by atomic mass is 16.5. The molecule has 0 aromatic heterocycles. The van der Waals surface area contributed by atoms with Crippen LogP contribution in [-0.4, -0.2) is 18.9 Å². The number of benzene rings is 1. The van der Waals surface area contributed by atoms with Gasteiger partial charge in [-0.2, -0.15) is 0 Å². The third-order valence-electron chi connectivity index (χ3n) is 3.55. The number of hydrogen-bond donors (Lipinski definition) is 1. The van der Waals surface area contributed by atoms with Crippen molar-refractivity contribution < 1.29 is 14.3 Å². The zero-order valence-corrected chi connectivity index (χ0v) is 11.8. The molecule has 0 saturated carbocycles. The fraction of sp³-hybridized carbons (Fsp3) is 0.375. The van der Waals surface area contributed by atoms with Gasteiger partial charge in [0.15, 0.2) is 5.78 Å². The molecule has 0 aliphatic heterocycles. The molecule has 1 aromatic rings. The van der Waals surface area contributed by atoms with Crippen LogP contribution in [0.25, 0.3) is 0 Å². The summed E-state index contributed by atoms with van der Waals surface area (Å²) in [6, 6.07) is 9.98. The number of allylic oxidation sites excluding steroid dienone is 2.